The van der Waals surface area contributed by atoms with Crippen molar-refractivity contribution in [1.82, 2.24) is 14.9 Å². The summed E-state index contributed by atoms with van der Waals surface area (Å²) in [7, 11) is 0. The molecular weight excluding hydrogens is 334 g/mol. The topological polar surface area (TPSA) is 102 Å². The molecule has 8 heteroatoms. The normalized spacial score (nSPS) is 11.6. The second-order valence-corrected chi connectivity index (χ2v) is 5.69. The number of aromatic nitrogens is 2. The minimum Gasteiger partial charge on any atom is -0.331 e. The molecule has 132 valence electrons. The summed E-state index contributed by atoms with van der Waals surface area (Å²) < 4.78 is 1.89. The SMILES string of the molecule is CC(NC(=O)Nc1cccc([N+](=O)[O-])c1)c1ccc(-n2ccnc2)cc1. The van der Waals surface area contributed by atoms with Crippen LogP contribution in [0, 0.1) is 10.1 Å². The van der Waals surface area contributed by atoms with Crippen molar-refractivity contribution in [1.29, 1.82) is 0 Å². The zero-order valence-corrected chi connectivity index (χ0v) is 14.0. The highest BCUT2D eigenvalue weighted by Crippen LogP contribution is 2.18. The van der Waals surface area contributed by atoms with Gasteiger partial charge >= 0.3 is 6.03 Å². The van der Waals surface area contributed by atoms with Crippen LogP contribution in [-0.2, 0) is 0 Å². The number of nitrogens with zero attached hydrogens (tertiary/aromatic N) is 3. The smallest absolute Gasteiger partial charge is 0.319 e. The number of hydrogen-bond donors (Lipinski definition) is 2. The molecule has 8 nitrogen and oxygen atoms in total. The van der Waals surface area contributed by atoms with Crippen LogP contribution >= 0.6 is 0 Å². The van der Waals surface area contributed by atoms with Crippen molar-refractivity contribution in [2.75, 3.05) is 5.32 Å². The summed E-state index contributed by atoms with van der Waals surface area (Å²) >= 11 is 0. The predicted octanol–water partition coefficient (Wildman–Crippen LogP) is 3.66. The fraction of sp³-hybridized carbons (Fsp3) is 0.111. The number of urea groups is 1. The first-order chi connectivity index (χ1) is 12.5. The highest BCUT2D eigenvalue weighted by Gasteiger charge is 2.12. The first-order valence-electron chi connectivity index (χ1n) is 7.93. The van der Waals surface area contributed by atoms with Gasteiger partial charge in [-0.25, -0.2) is 9.78 Å². The van der Waals surface area contributed by atoms with Crippen LogP contribution in [-0.4, -0.2) is 20.5 Å². The summed E-state index contributed by atoms with van der Waals surface area (Å²) in [5, 5.41) is 16.2. The van der Waals surface area contributed by atoms with Gasteiger partial charge in [-0.2, -0.15) is 0 Å². The Bertz CT molecular complexity index is 907. The first-order valence-corrected chi connectivity index (χ1v) is 7.93. The largest absolute Gasteiger partial charge is 0.331 e. The lowest BCUT2D eigenvalue weighted by Gasteiger charge is -2.15. The number of nitro benzene ring substituents is 1. The van der Waals surface area contributed by atoms with Crippen LogP contribution in [0.4, 0.5) is 16.2 Å². The molecule has 0 bridgehead atoms. The third-order valence-electron chi connectivity index (χ3n) is 3.86. The van der Waals surface area contributed by atoms with Gasteiger partial charge in [0.15, 0.2) is 0 Å². The molecule has 0 aliphatic rings. The van der Waals surface area contributed by atoms with Gasteiger partial charge in [-0.05, 0) is 30.7 Å². The molecule has 0 aliphatic heterocycles. The van der Waals surface area contributed by atoms with E-state index in [-0.39, 0.29) is 11.7 Å². The average Bonchev–Trinajstić information content (AvgIpc) is 3.16. The Morgan fingerprint density at radius 3 is 2.65 bits per heavy atom. The van der Waals surface area contributed by atoms with Crippen molar-refractivity contribution in [2.24, 2.45) is 0 Å². The molecule has 2 amide bonds. The summed E-state index contributed by atoms with van der Waals surface area (Å²) in [5.74, 6) is 0. The van der Waals surface area contributed by atoms with Crippen molar-refractivity contribution >= 4 is 17.4 Å². The van der Waals surface area contributed by atoms with Gasteiger partial charge in [-0.3, -0.25) is 10.1 Å². The van der Waals surface area contributed by atoms with E-state index in [0.29, 0.717) is 5.69 Å². The Balaban J connectivity index is 1.62. The molecule has 0 fully saturated rings. The lowest BCUT2D eigenvalue weighted by molar-refractivity contribution is -0.384. The molecule has 0 aliphatic carbocycles. The number of anilines is 1. The Morgan fingerprint density at radius 2 is 2.00 bits per heavy atom. The summed E-state index contributed by atoms with van der Waals surface area (Å²) in [6.45, 7) is 1.86. The van der Waals surface area contributed by atoms with Gasteiger partial charge in [-0.15, -0.1) is 0 Å². The van der Waals surface area contributed by atoms with Crippen LogP contribution in [0.15, 0.2) is 67.3 Å². The van der Waals surface area contributed by atoms with Crippen LogP contribution in [0.1, 0.15) is 18.5 Å². The molecule has 0 spiro atoms. The van der Waals surface area contributed by atoms with Crippen molar-refractivity contribution in [3.05, 3.63) is 82.9 Å². The quantitative estimate of drug-likeness (QED) is 0.541. The van der Waals surface area contributed by atoms with E-state index in [2.05, 4.69) is 15.6 Å². The van der Waals surface area contributed by atoms with Gasteiger partial charge in [0.1, 0.15) is 0 Å². The molecule has 0 saturated heterocycles. The number of amides is 2. The average molecular weight is 351 g/mol. The minimum atomic E-state index is -0.506. The van der Waals surface area contributed by atoms with Crippen LogP contribution in [0.25, 0.3) is 5.69 Å². The van der Waals surface area contributed by atoms with E-state index in [9.17, 15) is 14.9 Å². The summed E-state index contributed by atoms with van der Waals surface area (Å²) in [5.41, 5.74) is 2.19. The molecule has 1 atom stereocenters. The van der Waals surface area contributed by atoms with Crippen LogP contribution in [0.5, 0.6) is 0 Å². The molecule has 1 unspecified atom stereocenters. The van der Waals surface area contributed by atoms with Gasteiger partial charge < -0.3 is 15.2 Å². The molecule has 0 saturated carbocycles. The van der Waals surface area contributed by atoms with Crippen molar-refractivity contribution in [2.45, 2.75) is 13.0 Å². The summed E-state index contributed by atoms with van der Waals surface area (Å²) in [6.07, 6.45) is 5.27. The summed E-state index contributed by atoms with van der Waals surface area (Å²) in [6, 6.07) is 12.9. The maximum absolute atomic E-state index is 12.1. The molecule has 1 aromatic heterocycles. The number of imidazole rings is 1. The molecule has 1 heterocycles. The van der Waals surface area contributed by atoms with Crippen LogP contribution < -0.4 is 10.6 Å². The maximum atomic E-state index is 12.1. The maximum Gasteiger partial charge on any atom is 0.319 e. The Morgan fingerprint density at radius 1 is 1.23 bits per heavy atom. The molecule has 3 aromatic rings. The van der Waals surface area contributed by atoms with Crippen molar-refractivity contribution < 1.29 is 9.72 Å². The number of hydrogen-bond acceptors (Lipinski definition) is 4. The second-order valence-electron chi connectivity index (χ2n) is 5.69. The molecule has 0 radical (unpaired) electrons. The number of nitro groups is 1. The van der Waals surface area contributed by atoms with Crippen LogP contribution in [0.2, 0.25) is 0 Å². The fourth-order valence-electron chi connectivity index (χ4n) is 2.49. The Labute approximate surface area is 149 Å². The van der Waals surface area contributed by atoms with Gasteiger partial charge in [0.05, 0.1) is 17.3 Å². The van der Waals surface area contributed by atoms with E-state index in [1.807, 2.05) is 42.0 Å². The number of carbonyl (C=O) groups is 1. The minimum absolute atomic E-state index is 0.0778. The van der Waals surface area contributed by atoms with E-state index < -0.39 is 11.0 Å². The highest BCUT2D eigenvalue weighted by molar-refractivity contribution is 5.89. The second kappa shape index (κ2) is 7.47. The van der Waals surface area contributed by atoms with Crippen molar-refractivity contribution in [3.63, 3.8) is 0 Å². The Hall–Kier alpha value is -3.68. The molecule has 2 aromatic carbocycles. The zero-order valence-electron chi connectivity index (χ0n) is 14.0. The number of nitrogens with one attached hydrogen (secondary N) is 2. The molecule has 3 rings (SSSR count). The van der Waals surface area contributed by atoms with E-state index in [1.165, 1.54) is 18.2 Å². The molecule has 26 heavy (non-hydrogen) atoms. The first kappa shape index (κ1) is 17.2. The molecule has 2 N–H and O–H groups in total. The van der Waals surface area contributed by atoms with E-state index in [4.69, 9.17) is 0 Å². The predicted molar refractivity (Wildman–Crippen MR) is 97.2 cm³/mol. The lowest BCUT2D eigenvalue weighted by Crippen LogP contribution is -2.31. The van der Waals surface area contributed by atoms with Gasteiger partial charge in [0.2, 0.25) is 0 Å². The highest BCUT2D eigenvalue weighted by atomic mass is 16.6. The van der Waals surface area contributed by atoms with Gasteiger partial charge in [0, 0.05) is 35.9 Å². The fourth-order valence-corrected chi connectivity index (χ4v) is 2.49. The number of non-ortho nitro benzene ring substituents is 1. The van der Waals surface area contributed by atoms with E-state index in [1.54, 1.807) is 18.6 Å². The molecular formula is C18H17N5O3. The third kappa shape index (κ3) is 4.04. The summed E-state index contributed by atoms with van der Waals surface area (Å²) in [4.78, 5) is 26.4. The number of benzene rings is 2. The van der Waals surface area contributed by atoms with Gasteiger partial charge in [0.25, 0.3) is 5.69 Å². The third-order valence-corrected chi connectivity index (χ3v) is 3.86. The zero-order chi connectivity index (χ0) is 18.5. The monoisotopic (exact) mass is 351 g/mol. The standard InChI is InChI=1S/C18H17N5O3/c1-13(14-5-7-16(8-6-14)22-10-9-19-12-22)20-18(24)21-15-3-2-4-17(11-15)23(25)26/h2-13H,1H3,(H2,20,21,24). The number of rotatable bonds is 5. The van der Waals surface area contributed by atoms with Gasteiger partial charge in [-0.1, -0.05) is 18.2 Å². The Kier molecular flexibility index (Phi) is 4.93. The van der Waals surface area contributed by atoms with E-state index >= 15 is 0 Å². The van der Waals surface area contributed by atoms with Crippen molar-refractivity contribution in [3.8, 4) is 5.69 Å². The van der Waals surface area contributed by atoms with E-state index in [0.717, 1.165) is 11.3 Å². The lowest BCUT2D eigenvalue weighted by atomic mass is 10.1. The van der Waals surface area contributed by atoms with Crippen LogP contribution in [0.3, 0.4) is 0 Å². The number of carbonyl (C=O) groups excluding carboxylic acids is 1.